The van der Waals surface area contributed by atoms with Crippen molar-refractivity contribution in [3.63, 3.8) is 0 Å². The van der Waals surface area contributed by atoms with Crippen molar-refractivity contribution < 1.29 is 19.4 Å². The van der Waals surface area contributed by atoms with E-state index in [0.717, 1.165) is 12.0 Å². The van der Waals surface area contributed by atoms with Gasteiger partial charge in [-0.05, 0) is 17.5 Å². The average Bonchev–Trinajstić information content (AvgIpc) is 2.42. The first-order valence-corrected chi connectivity index (χ1v) is 6.34. The van der Waals surface area contributed by atoms with E-state index >= 15 is 0 Å². The number of ether oxygens (including phenoxy) is 1. The van der Waals surface area contributed by atoms with E-state index in [2.05, 4.69) is 11.4 Å². The third kappa shape index (κ3) is 3.79. The molecule has 1 atom stereocenters. The Morgan fingerprint density at radius 1 is 1.32 bits per heavy atom. The number of carbonyl (C=O) groups is 2. The predicted octanol–water partition coefficient (Wildman–Crippen LogP) is 1.28. The molecule has 0 radical (unpaired) electrons. The Balaban J connectivity index is 1.87. The van der Waals surface area contributed by atoms with Crippen LogP contribution >= 0.6 is 0 Å². The first-order chi connectivity index (χ1) is 9.16. The molecule has 5 heteroatoms. The largest absolute Gasteiger partial charge is 0.481 e. The molecule has 0 saturated carbocycles. The number of nitrogens with one attached hydrogen (secondary N) is 1. The van der Waals surface area contributed by atoms with E-state index < -0.39 is 5.97 Å². The van der Waals surface area contributed by atoms with Crippen molar-refractivity contribution >= 4 is 11.9 Å². The van der Waals surface area contributed by atoms with Gasteiger partial charge in [0.05, 0.1) is 13.0 Å². The Kier molecular flexibility index (Phi) is 4.52. The first-order valence-electron chi connectivity index (χ1n) is 6.34. The number of hydrogen-bond acceptors (Lipinski definition) is 3. The third-order valence-electron chi connectivity index (χ3n) is 3.14. The summed E-state index contributed by atoms with van der Waals surface area (Å²) in [5.41, 5.74) is 2.35. The Morgan fingerprint density at radius 2 is 2.11 bits per heavy atom. The lowest BCUT2D eigenvalue weighted by Crippen LogP contribution is -2.32. The van der Waals surface area contributed by atoms with Crippen molar-refractivity contribution in [1.29, 1.82) is 0 Å². The lowest BCUT2D eigenvalue weighted by Gasteiger charge is -2.26. The molecule has 0 unspecified atom stereocenters. The highest BCUT2D eigenvalue weighted by Gasteiger charge is 2.20. The maximum Gasteiger partial charge on any atom is 0.303 e. The topological polar surface area (TPSA) is 75.6 Å². The summed E-state index contributed by atoms with van der Waals surface area (Å²) in [7, 11) is 0. The maximum atomic E-state index is 11.5. The molecule has 0 aromatic heterocycles. The molecule has 1 amide bonds. The molecule has 1 aromatic carbocycles. The van der Waals surface area contributed by atoms with Crippen LogP contribution in [0.15, 0.2) is 24.3 Å². The van der Waals surface area contributed by atoms with Crippen molar-refractivity contribution in [1.82, 2.24) is 5.32 Å². The van der Waals surface area contributed by atoms with E-state index in [1.807, 2.05) is 18.2 Å². The number of rotatable bonds is 5. The van der Waals surface area contributed by atoms with Gasteiger partial charge in [-0.15, -0.1) is 0 Å². The van der Waals surface area contributed by atoms with Gasteiger partial charge in [0.15, 0.2) is 0 Å². The zero-order valence-corrected chi connectivity index (χ0v) is 10.6. The summed E-state index contributed by atoms with van der Waals surface area (Å²) < 4.78 is 5.65. The van der Waals surface area contributed by atoms with E-state index in [9.17, 15) is 9.59 Å². The van der Waals surface area contributed by atoms with Crippen LogP contribution in [-0.4, -0.2) is 30.1 Å². The van der Waals surface area contributed by atoms with Gasteiger partial charge in [-0.2, -0.15) is 0 Å². The van der Waals surface area contributed by atoms with Crippen molar-refractivity contribution in [3.8, 4) is 0 Å². The molecule has 2 N–H and O–H groups in total. The molecule has 0 aliphatic carbocycles. The second-order valence-corrected chi connectivity index (χ2v) is 4.51. The van der Waals surface area contributed by atoms with Crippen LogP contribution in [-0.2, 0) is 20.7 Å². The van der Waals surface area contributed by atoms with Gasteiger partial charge in [0, 0.05) is 13.0 Å². The fourth-order valence-electron chi connectivity index (χ4n) is 2.16. The number of carboxylic acids is 1. The Morgan fingerprint density at radius 3 is 2.89 bits per heavy atom. The zero-order chi connectivity index (χ0) is 13.7. The fourth-order valence-corrected chi connectivity index (χ4v) is 2.16. The van der Waals surface area contributed by atoms with Gasteiger partial charge in [0.25, 0.3) is 0 Å². The molecule has 1 aromatic rings. The lowest BCUT2D eigenvalue weighted by molar-refractivity contribution is -0.138. The highest BCUT2D eigenvalue weighted by molar-refractivity contribution is 5.80. The molecular formula is C14H17NO4. The van der Waals surface area contributed by atoms with Crippen LogP contribution in [0.2, 0.25) is 0 Å². The average molecular weight is 263 g/mol. The molecule has 0 fully saturated rings. The fraction of sp³-hybridized carbons (Fsp3) is 0.429. The smallest absolute Gasteiger partial charge is 0.303 e. The monoisotopic (exact) mass is 263 g/mol. The molecule has 5 nitrogen and oxygen atoms in total. The number of carbonyl (C=O) groups excluding carboxylic acids is 1. The minimum atomic E-state index is -0.964. The quantitative estimate of drug-likeness (QED) is 0.839. The van der Waals surface area contributed by atoms with Gasteiger partial charge in [-0.3, -0.25) is 9.59 Å². The van der Waals surface area contributed by atoms with Crippen LogP contribution in [0.3, 0.4) is 0 Å². The maximum absolute atomic E-state index is 11.5. The molecule has 1 aliphatic rings. The van der Waals surface area contributed by atoms with Gasteiger partial charge < -0.3 is 15.2 Å². The summed E-state index contributed by atoms with van der Waals surface area (Å²) in [6.07, 6.45) is 0.607. The summed E-state index contributed by atoms with van der Waals surface area (Å²) in [5, 5.41) is 11.2. The summed E-state index contributed by atoms with van der Waals surface area (Å²) in [5.74, 6) is -1.22. The minimum Gasteiger partial charge on any atom is -0.481 e. The Hall–Kier alpha value is -1.88. The summed E-state index contributed by atoms with van der Waals surface area (Å²) in [6, 6.07) is 8.01. The molecule has 1 heterocycles. The predicted molar refractivity (Wildman–Crippen MR) is 68.7 cm³/mol. The third-order valence-corrected chi connectivity index (χ3v) is 3.14. The number of hydrogen-bond donors (Lipinski definition) is 2. The highest BCUT2D eigenvalue weighted by Crippen LogP contribution is 2.26. The summed E-state index contributed by atoms with van der Waals surface area (Å²) >= 11 is 0. The standard InChI is InChI=1S/C14H17NO4/c16-13(5-6-14(17)18)15-9-12-11-4-2-1-3-10(11)7-8-19-12/h1-4,12H,5-9H2,(H,15,16)(H,17,18)/t12-/m0/s1. The molecule has 0 saturated heterocycles. The van der Waals surface area contributed by atoms with E-state index in [1.54, 1.807) is 0 Å². The molecule has 1 aliphatic heterocycles. The van der Waals surface area contributed by atoms with Gasteiger partial charge in [-0.25, -0.2) is 0 Å². The molecule has 102 valence electrons. The van der Waals surface area contributed by atoms with Crippen LogP contribution in [0.5, 0.6) is 0 Å². The number of amides is 1. The highest BCUT2D eigenvalue weighted by atomic mass is 16.5. The van der Waals surface area contributed by atoms with E-state index in [0.29, 0.717) is 13.2 Å². The van der Waals surface area contributed by atoms with Crippen molar-refractivity contribution in [2.45, 2.75) is 25.4 Å². The summed E-state index contributed by atoms with van der Waals surface area (Å²) in [6.45, 7) is 1.03. The molecule has 0 bridgehead atoms. The van der Waals surface area contributed by atoms with Crippen LogP contribution in [0.1, 0.15) is 30.1 Å². The normalized spacial score (nSPS) is 17.6. The second-order valence-electron chi connectivity index (χ2n) is 4.51. The number of benzene rings is 1. The van der Waals surface area contributed by atoms with Gasteiger partial charge in [-0.1, -0.05) is 24.3 Å². The number of fused-ring (bicyclic) bond motifs is 1. The number of aliphatic carboxylic acids is 1. The summed E-state index contributed by atoms with van der Waals surface area (Å²) in [4.78, 5) is 21.8. The first kappa shape index (κ1) is 13.5. The van der Waals surface area contributed by atoms with Crippen LogP contribution < -0.4 is 5.32 Å². The van der Waals surface area contributed by atoms with Gasteiger partial charge in [0.1, 0.15) is 6.10 Å². The van der Waals surface area contributed by atoms with Crippen molar-refractivity contribution in [2.24, 2.45) is 0 Å². The second kappa shape index (κ2) is 6.33. The van der Waals surface area contributed by atoms with Crippen LogP contribution in [0.25, 0.3) is 0 Å². The Bertz CT molecular complexity index is 472. The van der Waals surface area contributed by atoms with E-state index in [4.69, 9.17) is 9.84 Å². The Labute approximate surface area is 111 Å². The molecule has 19 heavy (non-hydrogen) atoms. The van der Waals surface area contributed by atoms with Crippen molar-refractivity contribution in [3.05, 3.63) is 35.4 Å². The van der Waals surface area contributed by atoms with E-state index in [-0.39, 0.29) is 24.9 Å². The van der Waals surface area contributed by atoms with Gasteiger partial charge >= 0.3 is 5.97 Å². The lowest BCUT2D eigenvalue weighted by atomic mass is 9.97. The van der Waals surface area contributed by atoms with Crippen LogP contribution in [0, 0.1) is 0 Å². The van der Waals surface area contributed by atoms with Gasteiger partial charge in [0.2, 0.25) is 5.91 Å². The van der Waals surface area contributed by atoms with Crippen molar-refractivity contribution in [2.75, 3.05) is 13.2 Å². The number of carboxylic acid groups (broad SMARTS) is 1. The van der Waals surface area contributed by atoms with Crippen LogP contribution in [0.4, 0.5) is 0 Å². The SMILES string of the molecule is O=C(O)CCC(=O)NC[C@@H]1OCCc2ccccc21. The zero-order valence-electron chi connectivity index (χ0n) is 10.6. The molecular weight excluding hydrogens is 246 g/mol. The molecule has 0 spiro atoms. The molecule has 2 rings (SSSR count). The van der Waals surface area contributed by atoms with E-state index in [1.165, 1.54) is 5.56 Å². The minimum absolute atomic E-state index is 0.00367.